The lowest BCUT2D eigenvalue weighted by Crippen LogP contribution is -2.27. The molecule has 0 saturated carbocycles. The molecule has 2 aromatic carbocycles. The Hall–Kier alpha value is -2.82. The van der Waals surface area contributed by atoms with Gasteiger partial charge in [0.1, 0.15) is 5.92 Å². The predicted molar refractivity (Wildman–Crippen MR) is 89.5 cm³/mol. The number of carbonyl (C=O) groups excluding carboxylic acids is 2. The molecular formula is C19H20O5. The Morgan fingerprint density at radius 3 is 2.17 bits per heavy atom. The van der Waals surface area contributed by atoms with Crippen LogP contribution in [-0.2, 0) is 16.0 Å². The van der Waals surface area contributed by atoms with Crippen molar-refractivity contribution in [3.8, 4) is 11.5 Å². The number of Topliss-reactive ketones (excluding diaryl/α,β-unsaturated/α-hetero) is 1. The minimum absolute atomic E-state index is 0.278. The van der Waals surface area contributed by atoms with E-state index in [4.69, 9.17) is 14.2 Å². The van der Waals surface area contributed by atoms with Crippen molar-refractivity contribution in [2.75, 3.05) is 21.3 Å². The Balaban J connectivity index is 2.32. The molecule has 2 aromatic rings. The molecule has 1 atom stereocenters. The van der Waals surface area contributed by atoms with E-state index in [1.165, 1.54) is 21.3 Å². The standard InChI is InChI=1S/C19H20O5/c1-22-16-10-9-14(12-17(16)23-2)18(20)15(19(21)24-3)11-13-7-5-4-6-8-13/h4-10,12,15H,11H2,1-3H3. The summed E-state index contributed by atoms with van der Waals surface area (Å²) in [5, 5.41) is 0. The van der Waals surface area contributed by atoms with Crippen LogP contribution in [0.25, 0.3) is 0 Å². The second kappa shape index (κ2) is 8.15. The van der Waals surface area contributed by atoms with Crippen molar-refractivity contribution in [3.63, 3.8) is 0 Å². The molecule has 0 fully saturated rings. The van der Waals surface area contributed by atoms with Crippen LogP contribution in [0.1, 0.15) is 15.9 Å². The first-order valence-electron chi connectivity index (χ1n) is 7.48. The maximum atomic E-state index is 12.8. The van der Waals surface area contributed by atoms with Gasteiger partial charge in [-0.05, 0) is 30.2 Å². The molecule has 24 heavy (non-hydrogen) atoms. The summed E-state index contributed by atoms with van der Waals surface area (Å²) in [5.41, 5.74) is 1.26. The highest BCUT2D eigenvalue weighted by Crippen LogP contribution is 2.29. The summed E-state index contributed by atoms with van der Waals surface area (Å²) in [6.45, 7) is 0. The fourth-order valence-corrected chi connectivity index (χ4v) is 2.47. The quantitative estimate of drug-likeness (QED) is 0.444. The van der Waals surface area contributed by atoms with Crippen molar-refractivity contribution < 1.29 is 23.8 Å². The Labute approximate surface area is 141 Å². The number of methoxy groups -OCH3 is 3. The highest BCUT2D eigenvalue weighted by Gasteiger charge is 2.29. The van der Waals surface area contributed by atoms with Crippen LogP contribution in [0.3, 0.4) is 0 Å². The Kier molecular flexibility index (Phi) is 5.95. The molecule has 0 aliphatic heterocycles. The summed E-state index contributed by atoms with van der Waals surface area (Å²) in [6, 6.07) is 14.2. The van der Waals surface area contributed by atoms with E-state index >= 15 is 0 Å². The van der Waals surface area contributed by atoms with E-state index in [1.807, 2.05) is 30.3 Å². The largest absolute Gasteiger partial charge is 0.493 e. The minimum Gasteiger partial charge on any atom is -0.493 e. The average Bonchev–Trinajstić information content (AvgIpc) is 2.65. The molecule has 2 rings (SSSR count). The van der Waals surface area contributed by atoms with Gasteiger partial charge in [0.15, 0.2) is 17.3 Å². The first kappa shape index (κ1) is 17.5. The maximum Gasteiger partial charge on any atom is 0.316 e. The molecule has 0 aromatic heterocycles. The average molecular weight is 328 g/mol. The first-order valence-corrected chi connectivity index (χ1v) is 7.48. The molecule has 0 radical (unpaired) electrons. The van der Waals surface area contributed by atoms with Crippen LogP contribution < -0.4 is 9.47 Å². The van der Waals surface area contributed by atoms with Gasteiger partial charge in [-0.1, -0.05) is 30.3 Å². The van der Waals surface area contributed by atoms with Gasteiger partial charge in [0.05, 0.1) is 21.3 Å². The van der Waals surface area contributed by atoms with Gasteiger partial charge in [-0.2, -0.15) is 0 Å². The number of ketones is 1. The molecule has 0 saturated heterocycles. The van der Waals surface area contributed by atoms with Crippen LogP contribution in [0.4, 0.5) is 0 Å². The van der Waals surface area contributed by atoms with E-state index in [0.29, 0.717) is 17.1 Å². The predicted octanol–water partition coefficient (Wildman–Crippen LogP) is 2.92. The Bertz CT molecular complexity index is 709. The monoisotopic (exact) mass is 328 g/mol. The summed E-state index contributed by atoms with van der Waals surface area (Å²) in [7, 11) is 4.29. The number of esters is 1. The van der Waals surface area contributed by atoms with Crippen LogP contribution in [-0.4, -0.2) is 33.1 Å². The lowest BCUT2D eigenvalue weighted by Gasteiger charge is -2.15. The Morgan fingerprint density at radius 2 is 1.58 bits per heavy atom. The molecule has 0 spiro atoms. The van der Waals surface area contributed by atoms with Crippen molar-refractivity contribution in [2.24, 2.45) is 5.92 Å². The smallest absolute Gasteiger partial charge is 0.316 e. The number of hydrogen-bond acceptors (Lipinski definition) is 5. The van der Waals surface area contributed by atoms with E-state index in [-0.39, 0.29) is 12.2 Å². The molecule has 5 heteroatoms. The summed E-state index contributed by atoms with van der Waals surface area (Å²) in [5.74, 6) is -0.820. The zero-order valence-corrected chi connectivity index (χ0v) is 13.9. The number of rotatable bonds is 7. The van der Waals surface area contributed by atoms with Crippen LogP contribution in [0, 0.1) is 5.92 Å². The van der Waals surface area contributed by atoms with Gasteiger partial charge in [-0.3, -0.25) is 9.59 Å². The molecule has 126 valence electrons. The zero-order chi connectivity index (χ0) is 17.5. The second-order valence-corrected chi connectivity index (χ2v) is 5.20. The van der Waals surface area contributed by atoms with Gasteiger partial charge >= 0.3 is 5.97 Å². The minimum atomic E-state index is -0.907. The van der Waals surface area contributed by atoms with Gasteiger partial charge in [-0.25, -0.2) is 0 Å². The third kappa shape index (κ3) is 3.93. The van der Waals surface area contributed by atoms with Gasteiger partial charge < -0.3 is 14.2 Å². The molecule has 5 nitrogen and oxygen atoms in total. The molecule has 0 bridgehead atoms. The van der Waals surface area contributed by atoms with Crippen LogP contribution in [0.15, 0.2) is 48.5 Å². The third-order valence-corrected chi connectivity index (χ3v) is 3.75. The highest BCUT2D eigenvalue weighted by atomic mass is 16.5. The van der Waals surface area contributed by atoms with Gasteiger partial charge in [0.2, 0.25) is 0 Å². The normalized spacial score (nSPS) is 11.5. The highest BCUT2D eigenvalue weighted by molar-refractivity contribution is 6.09. The van der Waals surface area contributed by atoms with Crippen molar-refractivity contribution in [1.29, 1.82) is 0 Å². The summed E-state index contributed by atoms with van der Waals surface area (Å²) in [4.78, 5) is 24.9. The zero-order valence-electron chi connectivity index (χ0n) is 13.9. The third-order valence-electron chi connectivity index (χ3n) is 3.75. The van der Waals surface area contributed by atoms with E-state index in [0.717, 1.165) is 5.56 Å². The van der Waals surface area contributed by atoms with Gasteiger partial charge in [-0.15, -0.1) is 0 Å². The van der Waals surface area contributed by atoms with Crippen molar-refractivity contribution in [3.05, 3.63) is 59.7 Å². The van der Waals surface area contributed by atoms with Gasteiger partial charge in [0, 0.05) is 5.56 Å². The number of carbonyl (C=O) groups is 2. The lowest BCUT2D eigenvalue weighted by molar-refractivity contribution is -0.143. The van der Waals surface area contributed by atoms with Crippen LogP contribution >= 0.6 is 0 Å². The number of ether oxygens (including phenoxy) is 3. The number of benzene rings is 2. The van der Waals surface area contributed by atoms with Crippen LogP contribution in [0.2, 0.25) is 0 Å². The molecule has 0 aliphatic rings. The summed E-state index contributed by atoms with van der Waals surface area (Å²) >= 11 is 0. The van der Waals surface area contributed by atoms with Crippen LogP contribution in [0.5, 0.6) is 11.5 Å². The molecule has 1 unspecified atom stereocenters. The molecular weight excluding hydrogens is 308 g/mol. The first-order chi connectivity index (χ1) is 11.6. The van der Waals surface area contributed by atoms with E-state index in [9.17, 15) is 9.59 Å². The van der Waals surface area contributed by atoms with Crippen molar-refractivity contribution in [2.45, 2.75) is 6.42 Å². The molecule has 0 aliphatic carbocycles. The fraction of sp³-hybridized carbons (Fsp3) is 0.263. The fourth-order valence-electron chi connectivity index (χ4n) is 2.47. The molecule has 0 N–H and O–H groups in total. The topological polar surface area (TPSA) is 61.8 Å². The van der Waals surface area contributed by atoms with Gasteiger partial charge in [0.25, 0.3) is 0 Å². The van der Waals surface area contributed by atoms with E-state index in [1.54, 1.807) is 18.2 Å². The molecule has 0 heterocycles. The summed E-state index contributed by atoms with van der Waals surface area (Å²) in [6.07, 6.45) is 0.278. The van der Waals surface area contributed by atoms with Crippen molar-refractivity contribution >= 4 is 11.8 Å². The number of hydrogen-bond donors (Lipinski definition) is 0. The van der Waals surface area contributed by atoms with Crippen molar-refractivity contribution in [1.82, 2.24) is 0 Å². The SMILES string of the molecule is COC(=O)C(Cc1ccccc1)C(=O)c1ccc(OC)c(OC)c1. The molecule has 0 amide bonds. The van der Waals surface area contributed by atoms with E-state index in [2.05, 4.69) is 0 Å². The Morgan fingerprint density at radius 1 is 0.917 bits per heavy atom. The lowest BCUT2D eigenvalue weighted by atomic mass is 9.91. The second-order valence-electron chi connectivity index (χ2n) is 5.20. The maximum absolute atomic E-state index is 12.8. The van der Waals surface area contributed by atoms with E-state index < -0.39 is 11.9 Å². The summed E-state index contributed by atoms with van der Waals surface area (Å²) < 4.78 is 15.2.